The van der Waals surface area contributed by atoms with Crippen LogP contribution in [0.1, 0.15) is 17.0 Å². The van der Waals surface area contributed by atoms with E-state index in [-0.39, 0.29) is 0 Å². The van der Waals surface area contributed by atoms with Crippen LogP contribution in [0, 0.1) is 18.3 Å². The van der Waals surface area contributed by atoms with Crippen LogP contribution in [0.5, 0.6) is 0 Å². The van der Waals surface area contributed by atoms with Gasteiger partial charge in [0, 0.05) is 15.9 Å². The first-order valence-electron chi connectivity index (χ1n) is 5.55. The summed E-state index contributed by atoms with van der Waals surface area (Å²) in [5, 5.41) is 12.1. The highest BCUT2D eigenvalue weighted by Gasteiger charge is 2.01. The molecule has 1 N–H and O–H groups in total. The van der Waals surface area contributed by atoms with E-state index in [4.69, 9.17) is 5.26 Å². The van der Waals surface area contributed by atoms with Gasteiger partial charge in [0.1, 0.15) is 0 Å². The first-order chi connectivity index (χ1) is 8.69. The van der Waals surface area contributed by atoms with Crippen molar-refractivity contribution in [3.63, 3.8) is 0 Å². The molecule has 4 heteroatoms. The van der Waals surface area contributed by atoms with E-state index >= 15 is 0 Å². The summed E-state index contributed by atoms with van der Waals surface area (Å²) in [5.41, 5.74) is 3.60. The Balaban J connectivity index is 2.09. The minimum atomic E-state index is 0.640. The molecule has 2 rings (SSSR count). The number of benzene rings is 1. The number of nitrogens with one attached hydrogen (secondary N) is 1. The second-order valence-corrected chi connectivity index (χ2v) is 4.78. The molecule has 2 aromatic rings. The smallest absolute Gasteiger partial charge is 0.0992 e. The maximum atomic E-state index is 8.79. The summed E-state index contributed by atoms with van der Waals surface area (Å²) in [6, 6.07) is 13.5. The molecule has 0 radical (unpaired) electrons. The highest BCUT2D eigenvalue weighted by molar-refractivity contribution is 9.10. The summed E-state index contributed by atoms with van der Waals surface area (Å²) in [5.74, 6) is 0. The van der Waals surface area contributed by atoms with Gasteiger partial charge in [-0.1, -0.05) is 6.07 Å². The summed E-state index contributed by atoms with van der Waals surface area (Å²) < 4.78 is 0.884. The number of hydrogen-bond acceptors (Lipinski definition) is 3. The van der Waals surface area contributed by atoms with Gasteiger partial charge in [-0.2, -0.15) is 5.26 Å². The van der Waals surface area contributed by atoms with E-state index in [2.05, 4.69) is 32.3 Å². The molecule has 0 unspecified atom stereocenters. The lowest BCUT2D eigenvalue weighted by molar-refractivity contribution is 1.01. The quantitative estimate of drug-likeness (QED) is 0.941. The Hall–Kier alpha value is -1.86. The predicted molar refractivity (Wildman–Crippen MR) is 75.2 cm³/mol. The molecule has 3 nitrogen and oxygen atoms in total. The minimum absolute atomic E-state index is 0.640. The average Bonchev–Trinajstić information content (AvgIpc) is 2.37. The van der Waals surface area contributed by atoms with Gasteiger partial charge in [-0.25, -0.2) is 0 Å². The third kappa shape index (κ3) is 3.08. The lowest BCUT2D eigenvalue weighted by atomic mass is 10.2. The number of nitrogens with zero attached hydrogens (tertiary/aromatic N) is 2. The standard InChI is InChI=1S/C14H12BrN3/c1-10-3-2-4-12(18-10)9-17-14-6-5-11(8-16)7-13(14)15/h2-7,17H,9H2,1H3. The highest BCUT2D eigenvalue weighted by atomic mass is 79.9. The molecule has 0 spiro atoms. The third-order valence-electron chi connectivity index (χ3n) is 2.50. The zero-order chi connectivity index (χ0) is 13.0. The Morgan fingerprint density at radius 1 is 1.33 bits per heavy atom. The van der Waals surface area contributed by atoms with Gasteiger partial charge in [0.25, 0.3) is 0 Å². The molecule has 0 fully saturated rings. The second kappa shape index (κ2) is 5.65. The molecule has 0 bridgehead atoms. The molecule has 0 atom stereocenters. The van der Waals surface area contributed by atoms with Crippen LogP contribution in [-0.4, -0.2) is 4.98 Å². The fourth-order valence-electron chi connectivity index (χ4n) is 1.61. The van der Waals surface area contributed by atoms with Gasteiger partial charge in [0.15, 0.2) is 0 Å². The van der Waals surface area contributed by atoms with Gasteiger partial charge in [0.05, 0.1) is 23.9 Å². The summed E-state index contributed by atoms with van der Waals surface area (Å²) in [6.45, 7) is 2.63. The molecule has 1 heterocycles. The summed E-state index contributed by atoms with van der Waals surface area (Å²) in [6.07, 6.45) is 0. The number of aryl methyl sites for hydroxylation is 1. The van der Waals surface area contributed by atoms with Crippen LogP contribution in [0.15, 0.2) is 40.9 Å². The van der Waals surface area contributed by atoms with E-state index in [0.29, 0.717) is 12.1 Å². The molecule has 0 aliphatic carbocycles. The Kier molecular flexibility index (Phi) is 3.96. The zero-order valence-electron chi connectivity index (χ0n) is 9.94. The van der Waals surface area contributed by atoms with Gasteiger partial charge < -0.3 is 5.32 Å². The lowest BCUT2D eigenvalue weighted by Gasteiger charge is -2.08. The van der Waals surface area contributed by atoms with Crippen molar-refractivity contribution in [2.45, 2.75) is 13.5 Å². The van der Waals surface area contributed by atoms with Crippen molar-refractivity contribution >= 4 is 21.6 Å². The molecule has 0 aliphatic heterocycles. The Labute approximate surface area is 115 Å². The van der Waals surface area contributed by atoms with Gasteiger partial charge in [-0.15, -0.1) is 0 Å². The number of rotatable bonds is 3. The van der Waals surface area contributed by atoms with Gasteiger partial charge >= 0.3 is 0 Å². The molecule has 18 heavy (non-hydrogen) atoms. The number of pyridine rings is 1. The summed E-state index contributed by atoms with van der Waals surface area (Å²) in [4.78, 5) is 4.42. The van der Waals surface area contributed by atoms with E-state index in [1.165, 1.54) is 0 Å². The second-order valence-electron chi connectivity index (χ2n) is 3.93. The van der Waals surface area contributed by atoms with E-state index < -0.39 is 0 Å². The van der Waals surface area contributed by atoms with Crippen LogP contribution >= 0.6 is 15.9 Å². The van der Waals surface area contributed by atoms with Gasteiger partial charge in [0.2, 0.25) is 0 Å². The lowest BCUT2D eigenvalue weighted by Crippen LogP contribution is -2.02. The number of nitriles is 1. The number of halogens is 1. The topological polar surface area (TPSA) is 48.7 Å². The minimum Gasteiger partial charge on any atom is -0.378 e. The normalized spacial score (nSPS) is 9.83. The van der Waals surface area contributed by atoms with Crippen LogP contribution in [-0.2, 0) is 6.54 Å². The van der Waals surface area contributed by atoms with Crippen molar-refractivity contribution < 1.29 is 0 Å². The monoisotopic (exact) mass is 301 g/mol. The highest BCUT2D eigenvalue weighted by Crippen LogP contribution is 2.23. The maximum Gasteiger partial charge on any atom is 0.0992 e. The number of anilines is 1. The van der Waals surface area contributed by atoms with Crippen molar-refractivity contribution in [3.8, 4) is 6.07 Å². The molecule has 0 saturated carbocycles. The Morgan fingerprint density at radius 2 is 2.17 bits per heavy atom. The van der Waals surface area contributed by atoms with Crippen molar-refractivity contribution in [1.82, 2.24) is 4.98 Å². The van der Waals surface area contributed by atoms with E-state index in [9.17, 15) is 0 Å². The molecular weight excluding hydrogens is 290 g/mol. The molecule has 90 valence electrons. The van der Waals surface area contributed by atoms with Gasteiger partial charge in [-0.3, -0.25) is 4.98 Å². The summed E-state index contributed by atoms with van der Waals surface area (Å²) in [7, 11) is 0. The van der Waals surface area contributed by atoms with Crippen LogP contribution in [0.2, 0.25) is 0 Å². The number of aromatic nitrogens is 1. The van der Waals surface area contributed by atoms with Crippen molar-refractivity contribution in [3.05, 3.63) is 57.8 Å². The van der Waals surface area contributed by atoms with Crippen LogP contribution in [0.25, 0.3) is 0 Å². The third-order valence-corrected chi connectivity index (χ3v) is 3.16. The van der Waals surface area contributed by atoms with Crippen LogP contribution in [0.3, 0.4) is 0 Å². The van der Waals surface area contributed by atoms with Crippen molar-refractivity contribution in [2.24, 2.45) is 0 Å². The molecule has 0 aliphatic rings. The maximum absolute atomic E-state index is 8.79. The molecular formula is C14H12BrN3. The van der Waals surface area contributed by atoms with Gasteiger partial charge in [-0.05, 0) is 53.2 Å². The fraction of sp³-hybridized carbons (Fsp3) is 0.143. The Morgan fingerprint density at radius 3 is 2.83 bits per heavy atom. The van der Waals surface area contributed by atoms with E-state index in [1.807, 2.05) is 31.2 Å². The average molecular weight is 302 g/mol. The van der Waals surface area contributed by atoms with Crippen LogP contribution in [0.4, 0.5) is 5.69 Å². The first kappa shape index (κ1) is 12.6. The van der Waals surface area contributed by atoms with Crippen molar-refractivity contribution in [2.75, 3.05) is 5.32 Å². The van der Waals surface area contributed by atoms with E-state index in [0.717, 1.165) is 21.5 Å². The molecule has 1 aromatic carbocycles. The molecule has 0 amide bonds. The predicted octanol–water partition coefficient (Wildman–Crippen LogP) is 3.64. The van der Waals surface area contributed by atoms with Crippen molar-refractivity contribution in [1.29, 1.82) is 5.26 Å². The Bertz CT molecular complexity index is 602. The zero-order valence-corrected chi connectivity index (χ0v) is 11.5. The first-order valence-corrected chi connectivity index (χ1v) is 6.34. The number of hydrogen-bond donors (Lipinski definition) is 1. The van der Waals surface area contributed by atoms with E-state index in [1.54, 1.807) is 12.1 Å². The SMILES string of the molecule is Cc1cccc(CNc2ccc(C#N)cc2Br)n1. The largest absolute Gasteiger partial charge is 0.378 e. The summed E-state index contributed by atoms with van der Waals surface area (Å²) >= 11 is 3.44. The molecule has 0 saturated heterocycles. The molecule has 1 aromatic heterocycles. The van der Waals surface area contributed by atoms with Crippen LogP contribution < -0.4 is 5.32 Å². The fourth-order valence-corrected chi connectivity index (χ4v) is 2.13.